The largest absolute Gasteiger partial charge is 0.499 e. The average Bonchev–Trinajstić information content (AvgIpc) is 2.96. The predicted molar refractivity (Wildman–Crippen MR) is 114 cm³/mol. The summed E-state index contributed by atoms with van der Waals surface area (Å²) in [5.74, 6) is 0.633. The van der Waals surface area contributed by atoms with Gasteiger partial charge in [0.25, 0.3) is 0 Å². The van der Waals surface area contributed by atoms with Gasteiger partial charge in [0.1, 0.15) is 5.75 Å². The number of carbonyl (C=O) groups excluding carboxylic acids is 1. The molecule has 1 fully saturated rings. The van der Waals surface area contributed by atoms with Gasteiger partial charge in [-0.05, 0) is 62.3 Å². The number of rotatable bonds is 12. The van der Waals surface area contributed by atoms with E-state index in [-0.39, 0.29) is 69.1 Å². The van der Waals surface area contributed by atoms with Gasteiger partial charge in [-0.3, -0.25) is 4.79 Å². The number of benzene rings is 1. The molecule has 1 aromatic carbocycles. The maximum absolute atomic E-state index is 11.3. The number of ether oxygens (including phenoxy) is 2. The molecule has 165 valence electrons. The Kier molecular flexibility index (Phi) is 14.1. The number of halogens is 1. The molecule has 1 aliphatic carbocycles. The summed E-state index contributed by atoms with van der Waals surface area (Å²) in [6.07, 6.45) is 7.52. The molecule has 7 heteroatoms. The molecule has 0 aromatic heterocycles. The minimum Gasteiger partial charge on any atom is -0.499 e. The number of esters is 1. The van der Waals surface area contributed by atoms with Gasteiger partial charge in [0.2, 0.25) is 0 Å². The van der Waals surface area contributed by atoms with Crippen LogP contribution in [0.25, 0.3) is 0 Å². The first-order valence-corrected chi connectivity index (χ1v) is 10.7. The van der Waals surface area contributed by atoms with E-state index >= 15 is 0 Å². The Bertz CT molecular complexity index is 654. The van der Waals surface area contributed by atoms with Crippen LogP contribution >= 0.6 is 11.6 Å². The molecular weight excluding hydrogens is 481 g/mol. The molecule has 2 N–H and O–H groups in total. The molecule has 0 bridgehead atoms. The summed E-state index contributed by atoms with van der Waals surface area (Å²) in [5, 5.41) is 19.4. The minimum atomic E-state index is -0.478. The molecule has 1 radical (unpaired) electrons. The van der Waals surface area contributed by atoms with Gasteiger partial charge in [0.05, 0.1) is 12.7 Å². The van der Waals surface area contributed by atoms with Crippen molar-refractivity contribution in [2.45, 2.75) is 50.0 Å². The van der Waals surface area contributed by atoms with E-state index in [1.165, 1.54) is 0 Å². The van der Waals surface area contributed by atoms with Gasteiger partial charge in [-0.15, -0.1) is 11.6 Å². The predicted octanol–water partition coefficient (Wildman–Crippen LogP) is 3.70. The van der Waals surface area contributed by atoms with E-state index in [1.807, 2.05) is 24.3 Å². The van der Waals surface area contributed by atoms with Crippen LogP contribution in [0.5, 0.6) is 5.75 Å². The number of hydrogen-bond acceptors (Lipinski definition) is 5. The minimum absolute atomic E-state index is 0. The zero-order valence-corrected chi connectivity index (χ0v) is 21.0. The topological polar surface area (TPSA) is 76.0 Å². The van der Waals surface area contributed by atoms with Crippen molar-refractivity contribution >= 4 is 17.6 Å². The van der Waals surface area contributed by atoms with Crippen LogP contribution in [0.1, 0.15) is 37.7 Å². The molecule has 4 atom stereocenters. The maximum atomic E-state index is 11.3. The Labute approximate surface area is 210 Å². The van der Waals surface area contributed by atoms with Crippen molar-refractivity contribution in [2.75, 3.05) is 19.8 Å². The first-order valence-electron chi connectivity index (χ1n) is 10.3. The first-order chi connectivity index (χ1) is 14.0. The van der Waals surface area contributed by atoms with Crippen LogP contribution in [-0.4, -0.2) is 47.5 Å². The number of alkyl halides is 1. The fourth-order valence-electron chi connectivity index (χ4n) is 3.72. The van der Waals surface area contributed by atoms with Crippen LogP contribution in [0.4, 0.5) is 0 Å². The van der Waals surface area contributed by atoms with E-state index in [0.717, 1.165) is 30.6 Å². The van der Waals surface area contributed by atoms with Gasteiger partial charge >= 0.3 is 5.97 Å². The van der Waals surface area contributed by atoms with E-state index in [2.05, 4.69) is 19.1 Å². The van der Waals surface area contributed by atoms with E-state index < -0.39 is 6.10 Å². The fraction of sp³-hybridized carbons (Fsp3) is 0.565. The number of carbonyl (C=O) groups is 1. The van der Waals surface area contributed by atoms with E-state index in [1.54, 1.807) is 0 Å². The van der Waals surface area contributed by atoms with Crippen molar-refractivity contribution in [2.24, 2.45) is 11.8 Å². The quantitative estimate of drug-likeness (QED) is 0.147. The molecule has 1 aromatic rings. The van der Waals surface area contributed by atoms with Crippen LogP contribution in [0.15, 0.2) is 36.4 Å². The second-order valence-corrected chi connectivity index (χ2v) is 7.96. The van der Waals surface area contributed by atoms with Crippen molar-refractivity contribution in [3.05, 3.63) is 48.9 Å². The maximum Gasteiger partial charge on any atom is 0.303 e. The molecule has 5 nitrogen and oxygen atoms in total. The monoisotopic (exact) mass is 512 g/mol. The number of aliphatic hydroxyl groups is 2. The van der Waals surface area contributed by atoms with Crippen LogP contribution in [0.3, 0.4) is 0 Å². The molecule has 1 aliphatic rings. The van der Waals surface area contributed by atoms with Gasteiger partial charge < -0.3 is 26.6 Å². The number of aliphatic hydroxyl groups excluding tert-OH is 2. The SMILES string of the molecule is [CH2-]COC(=O)CCC/C=C\C[C@@H]1[C@@H](COc2cccc(CCO)c2)[C@H](O)C[C@H]1Cl.[Y]. The molecule has 1 saturated carbocycles. The third kappa shape index (κ3) is 9.36. The van der Waals surface area contributed by atoms with Crippen LogP contribution < -0.4 is 4.74 Å². The molecule has 0 spiro atoms. The van der Waals surface area contributed by atoms with E-state index in [4.69, 9.17) is 26.2 Å². The van der Waals surface area contributed by atoms with Gasteiger partial charge in [-0.25, -0.2) is 0 Å². The van der Waals surface area contributed by atoms with Crippen molar-refractivity contribution < 1.29 is 57.2 Å². The standard InChI is InChI=1S/C23H32ClO5.Y/c1-2-28-23(27)11-6-4-3-5-10-19-20(22(26)15-21(19)24)16-29-18-9-7-8-17(14-18)12-13-25;/h3,5,7-9,14,19-22,25-26H,1-2,4,6,10-13,15-16H2;/q-1;/b5-3-;/t19-,20-,21-,22-;/m1./s1. The Morgan fingerprint density at radius 3 is 2.83 bits per heavy atom. The summed E-state index contributed by atoms with van der Waals surface area (Å²) in [6, 6.07) is 7.66. The normalized spacial score (nSPS) is 23.3. The molecule has 0 amide bonds. The molecular formula is C23H32ClO5Y-. The zero-order chi connectivity index (χ0) is 21.1. The van der Waals surface area contributed by atoms with Crippen molar-refractivity contribution in [1.82, 2.24) is 0 Å². The average molecular weight is 513 g/mol. The van der Waals surface area contributed by atoms with E-state index in [9.17, 15) is 9.90 Å². The van der Waals surface area contributed by atoms with Gasteiger partial charge in [0, 0.05) is 57.0 Å². The number of hydrogen-bond donors (Lipinski definition) is 2. The fourth-order valence-corrected chi connectivity index (χ4v) is 4.20. The first kappa shape index (κ1) is 27.6. The van der Waals surface area contributed by atoms with Gasteiger partial charge in [-0.1, -0.05) is 24.3 Å². The molecule has 30 heavy (non-hydrogen) atoms. The Hall–Kier alpha value is -0.456. The van der Waals surface area contributed by atoms with Crippen molar-refractivity contribution in [1.29, 1.82) is 0 Å². The summed E-state index contributed by atoms with van der Waals surface area (Å²) in [4.78, 5) is 11.3. The molecule has 0 unspecified atom stereocenters. The summed E-state index contributed by atoms with van der Waals surface area (Å²) < 4.78 is 10.7. The number of unbranched alkanes of at least 4 members (excludes halogenated alkanes) is 1. The second kappa shape index (κ2) is 15.4. The summed E-state index contributed by atoms with van der Waals surface area (Å²) >= 11 is 6.49. The third-order valence-electron chi connectivity index (χ3n) is 5.31. The summed E-state index contributed by atoms with van der Waals surface area (Å²) in [6.45, 7) is 4.16. The van der Waals surface area contributed by atoms with Crippen molar-refractivity contribution in [3.63, 3.8) is 0 Å². The zero-order valence-electron chi connectivity index (χ0n) is 17.4. The molecule has 2 rings (SSSR count). The molecule has 0 aliphatic heterocycles. The Morgan fingerprint density at radius 1 is 1.30 bits per heavy atom. The Morgan fingerprint density at radius 2 is 2.10 bits per heavy atom. The van der Waals surface area contributed by atoms with Gasteiger partial charge in [0.15, 0.2) is 0 Å². The smallest absolute Gasteiger partial charge is 0.303 e. The summed E-state index contributed by atoms with van der Waals surface area (Å²) in [7, 11) is 0. The molecule has 0 saturated heterocycles. The Balaban J connectivity index is 0.00000450. The number of allylic oxidation sites excluding steroid dienone is 2. The van der Waals surface area contributed by atoms with Crippen LogP contribution in [0, 0.1) is 18.8 Å². The molecule has 0 heterocycles. The van der Waals surface area contributed by atoms with Crippen LogP contribution in [-0.2, 0) is 48.7 Å². The van der Waals surface area contributed by atoms with E-state index in [0.29, 0.717) is 25.9 Å². The van der Waals surface area contributed by atoms with Crippen LogP contribution in [0.2, 0.25) is 0 Å². The second-order valence-electron chi connectivity index (χ2n) is 7.40. The van der Waals surface area contributed by atoms with Gasteiger partial charge in [-0.2, -0.15) is 0 Å². The third-order valence-corrected chi connectivity index (χ3v) is 5.81. The van der Waals surface area contributed by atoms with Crippen molar-refractivity contribution in [3.8, 4) is 5.75 Å². The summed E-state index contributed by atoms with van der Waals surface area (Å²) in [5.41, 5.74) is 1.02.